The summed E-state index contributed by atoms with van der Waals surface area (Å²) in [4.78, 5) is 29.9. The molecule has 6 nitrogen and oxygen atoms in total. The average Bonchev–Trinajstić information content (AvgIpc) is 2.84. The van der Waals surface area contributed by atoms with E-state index in [2.05, 4.69) is 25.8 Å². The summed E-state index contributed by atoms with van der Waals surface area (Å²) in [5.41, 5.74) is -0.0821. The summed E-state index contributed by atoms with van der Waals surface area (Å²) in [6.45, 7) is 8.31. The molecule has 0 saturated carbocycles. The fraction of sp³-hybridized carbons (Fsp3) is 0.857. The van der Waals surface area contributed by atoms with Crippen LogP contribution in [0.5, 0.6) is 0 Å². The van der Waals surface area contributed by atoms with Crippen LogP contribution >= 0.6 is 11.8 Å². The SMILES string of the molecule is CCC1SCC(C(=O)O)N1C(=O)N1CCN(C)C(C)(C)C1. The van der Waals surface area contributed by atoms with E-state index in [0.29, 0.717) is 18.8 Å². The summed E-state index contributed by atoms with van der Waals surface area (Å²) >= 11 is 1.57. The zero-order valence-corrected chi connectivity index (χ0v) is 14.0. The van der Waals surface area contributed by atoms with E-state index in [0.717, 1.165) is 13.0 Å². The first-order valence-electron chi connectivity index (χ1n) is 7.41. The highest BCUT2D eigenvalue weighted by Crippen LogP contribution is 2.33. The van der Waals surface area contributed by atoms with Gasteiger partial charge in [0.25, 0.3) is 0 Å². The van der Waals surface area contributed by atoms with Crippen LogP contribution in [0, 0.1) is 0 Å². The molecule has 2 rings (SSSR count). The first-order valence-corrected chi connectivity index (χ1v) is 8.45. The zero-order valence-electron chi connectivity index (χ0n) is 13.2. The first-order chi connectivity index (χ1) is 9.77. The molecule has 0 spiro atoms. The van der Waals surface area contributed by atoms with E-state index in [9.17, 15) is 14.7 Å². The molecule has 0 aromatic heterocycles. The third kappa shape index (κ3) is 3.13. The minimum atomic E-state index is -0.903. The molecule has 2 heterocycles. The zero-order chi connectivity index (χ0) is 15.8. The minimum absolute atomic E-state index is 0.0265. The van der Waals surface area contributed by atoms with E-state index < -0.39 is 12.0 Å². The Kier molecular flexibility index (Phi) is 4.72. The smallest absolute Gasteiger partial charge is 0.327 e. The Labute approximate surface area is 130 Å². The standard InChI is InChI=1S/C14H25N3O3S/c1-5-11-17(10(8-21-11)12(18)19)13(20)16-7-6-15(4)14(2,3)9-16/h10-11H,5-9H2,1-4H3,(H,18,19). The Balaban J connectivity index is 2.15. The number of hydrogen-bond donors (Lipinski definition) is 1. The molecule has 2 aliphatic heterocycles. The highest BCUT2D eigenvalue weighted by atomic mass is 32.2. The molecule has 2 unspecified atom stereocenters. The van der Waals surface area contributed by atoms with Gasteiger partial charge in [-0.25, -0.2) is 9.59 Å². The molecule has 0 bridgehead atoms. The van der Waals surface area contributed by atoms with Crippen molar-refractivity contribution in [1.82, 2.24) is 14.7 Å². The second-order valence-corrected chi connectivity index (χ2v) is 7.61. The van der Waals surface area contributed by atoms with Crippen LogP contribution in [0.1, 0.15) is 27.2 Å². The van der Waals surface area contributed by atoms with Crippen LogP contribution in [-0.2, 0) is 4.79 Å². The third-order valence-corrected chi connectivity index (χ3v) is 5.99. The Morgan fingerprint density at radius 3 is 2.52 bits per heavy atom. The van der Waals surface area contributed by atoms with Crippen molar-refractivity contribution < 1.29 is 14.7 Å². The second-order valence-electron chi connectivity index (χ2n) is 6.40. The van der Waals surface area contributed by atoms with E-state index in [1.54, 1.807) is 16.7 Å². The van der Waals surface area contributed by atoms with Gasteiger partial charge in [0.15, 0.2) is 0 Å². The normalized spacial score (nSPS) is 29.7. The van der Waals surface area contributed by atoms with Crippen LogP contribution < -0.4 is 0 Å². The Bertz CT molecular complexity index is 430. The third-order valence-electron chi connectivity index (χ3n) is 4.53. The maximum absolute atomic E-state index is 12.8. The first kappa shape index (κ1) is 16.4. The number of urea groups is 1. The number of carbonyl (C=O) groups is 2. The number of hydrogen-bond acceptors (Lipinski definition) is 4. The lowest BCUT2D eigenvalue weighted by Gasteiger charge is -2.46. The lowest BCUT2D eigenvalue weighted by molar-refractivity contribution is -0.141. The Morgan fingerprint density at radius 2 is 2.00 bits per heavy atom. The number of rotatable bonds is 2. The van der Waals surface area contributed by atoms with Crippen molar-refractivity contribution in [3.63, 3.8) is 0 Å². The van der Waals surface area contributed by atoms with Crippen molar-refractivity contribution in [2.75, 3.05) is 32.4 Å². The van der Waals surface area contributed by atoms with Gasteiger partial charge < -0.3 is 10.0 Å². The van der Waals surface area contributed by atoms with E-state index in [1.165, 1.54) is 0 Å². The van der Waals surface area contributed by atoms with Crippen molar-refractivity contribution in [3.8, 4) is 0 Å². The number of carbonyl (C=O) groups excluding carboxylic acids is 1. The molecule has 0 aromatic carbocycles. The number of amides is 2. The number of likely N-dealkylation sites (N-methyl/N-ethyl adjacent to an activating group) is 1. The van der Waals surface area contributed by atoms with Gasteiger partial charge in [-0.1, -0.05) is 6.92 Å². The van der Waals surface area contributed by atoms with Crippen molar-refractivity contribution in [1.29, 1.82) is 0 Å². The molecule has 7 heteroatoms. The van der Waals surface area contributed by atoms with Crippen molar-refractivity contribution in [2.45, 2.75) is 44.1 Å². The topological polar surface area (TPSA) is 64.1 Å². The highest BCUT2D eigenvalue weighted by Gasteiger charge is 2.44. The average molecular weight is 315 g/mol. The van der Waals surface area contributed by atoms with Gasteiger partial charge in [0, 0.05) is 30.9 Å². The fourth-order valence-electron chi connectivity index (χ4n) is 2.89. The summed E-state index contributed by atoms with van der Waals surface area (Å²) in [6.07, 6.45) is 0.775. The van der Waals surface area contributed by atoms with Gasteiger partial charge in [-0.3, -0.25) is 9.80 Å². The largest absolute Gasteiger partial charge is 0.480 e. The minimum Gasteiger partial charge on any atom is -0.480 e. The molecule has 0 radical (unpaired) electrons. The van der Waals surface area contributed by atoms with Crippen molar-refractivity contribution in [2.24, 2.45) is 0 Å². The summed E-state index contributed by atoms with van der Waals surface area (Å²) < 4.78 is 0. The number of aliphatic carboxylic acids is 1. The van der Waals surface area contributed by atoms with Gasteiger partial charge in [-0.2, -0.15) is 0 Å². The lowest BCUT2D eigenvalue weighted by Crippen LogP contribution is -2.62. The number of thioether (sulfide) groups is 1. The number of nitrogens with zero attached hydrogens (tertiary/aromatic N) is 3. The van der Waals surface area contributed by atoms with Gasteiger partial charge in [-0.05, 0) is 27.3 Å². The molecule has 120 valence electrons. The van der Waals surface area contributed by atoms with Crippen LogP contribution in [0.4, 0.5) is 4.79 Å². The Morgan fingerprint density at radius 1 is 1.33 bits per heavy atom. The molecule has 2 amide bonds. The molecule has 2 aliphatic rings. The van der Waals surface area contributed by atoms with Gasteiger partial charge in [-0.15, -0.1) is 11.8 Å². The molecular formula is C14H25N3O3S. The maximum Gasteiger partial charge on any atom is 0.327 e. The van der Waals surface area contributed by atoms with Crippen LogP contribution in [-0.4, -0.2) is 81.2 Å². The number of carboxylic acid groups (broad SMARTS) is 1. The van der Waals surface area contributed by atoms with Crippen LogP contribution in [0.25, 0.3) is 0 Å². The molecule has 0 aromatic rings. The molecule has 2 saturated heterocycles. The fourth-order valence-corrected chi connectivity index (χ4v) is 4.23. The molecular weight excluding hydrogens is 290 g/mol. The van der Waals surface area contributed by atoms with Crippen molar-refractivity contribution in [3.05, 3.63) is 0 Å². The highest BCUT2D eigenvalue weighted by molar-refractivity contribution is 8.00. The molecule has 0 aliphatic carbocycles. The van der Waals surface area contributed by atoms with Gasteiger partial charge in [0.1, 0.15) is 6.04 Å². The summed E-state index contributed by atoms with van der Waals surface area (Å²) in [7, 11) is 2.06. The molecule has 2 atom stereocenters. The predicted octanol–water partition coefficient (Wildman–Crippen LogP) is 1.37. The lowest BCUT2D eigenvalue weighted by atomic mass is 10.00. The monoisotopic (exact) mass is 315 g/mol. The van der Waals surface area contributed by atoms with Crippen LogP contribution in [0.2, 0.25) is 0 Å². The summed E-state index contributed by atoms with van der Waals surface area (Å²) in [6, 6.07) is -0.823. The van der Waals surface area contributed by atoms with Crippen LogP contribution in [0.3, 0.4) is 0 Å². The van der Waals surface area contributed by atoms with Crippen molar-refractivity contribution >= 4 is 23.8 Å². The van der Waals surface area contributed by atoms with E-state index in [4.69, 9.17) is 0 Å². The van der Waals surface area contributed by atoms with E-state index in [1.807, 2.05) is 11.8 Å². The van der Waals surface area contributed by atoms with E-state index >= 15 is 0 Å². The van der Waals surface area contributed by atoms with Crippen LogP contribution in [0.15, 0.2) is 0 Å². The number of carboxylic acids is 1. The second kappa shape index (κ2) is 6.04. The molecule has 1 N–H and O–H groups in total. The quantitative estimate of drug-likeness (QED) is 0.834. The van der Waals surface area contributed by atoms with E-state index in [-0.39, 0.29) is 16.9 Å². The predicted molar refractivity (Wildman–Crippen MR) is 83.5 cm³/mol. The Hall–Kier alpha value is -0.950. The summed E-state index contributed by atoms with van der Waals surface area (Å²) in [5.74, 6) is -0.420. The molecule has 21 heavy (non-hydrogen) atoms. The number of piperazine rings is 1. The van der Waals surface area contributed by atoms with Gasteiger partial charge in [0.2, 0.25) is 0 Å². The maximum atomic E-state index is 12.8. The van der Waals surface area contributed by atoms with Gasteiger partial charge >= 0.3 is 12.0 Å². The summed E-state index contributed by atoms with van der Waals surface area (Å²) in [5, 5.41) is 9.33. The van der Waals surface area contributed by atoms with Gasteiger partial charge in [0.05, 0.1) is 5.37 Å². The molecule has 2 fully saturated rings.